The van der Waals surface area contributed by atoms with E-state index in [0.717, 1.165) is 44.9 Å². The Bertz CT molecular complexity index is 194. The molecule has 1 saturated carbocycles. The quantitative estimate of drug-likeness (QED) is 0.700. The number of amides is 1. The topological polar surface area (TPSA) is 55.1 Å². The highest BCUT2D eigenvalue weighted by Gasteiger charge is 2.17. The van der Waals surface area contributed by atoms with Crippen molar-refractivity contribution in [2.24, 2.45) is 5.73 Å². The lowest BCUT2D eigenvalue weighted by molar-refractivity contribution is -0.122. The van der Waals surface area contributed by atoms with Crippen LogP contribution < -0.4 is 11.1 Å². The molecule has 1 fully saturated rings. The van der Waals surface area contributed by atoms with Gasteiger partial charge in [0, 0.05) is 18.5 Å². The Balaban J connectivity index is 2.22. The molecule has 3 nitrogen and oxygen atoms in total. The minimum atomic E-state index is 0.220. The Morgan fingerprint density at radius 2 is 2.13 bits per heavy atom. The maximum absolute atomic E-state index is 11.5. The fraction of sp³-hybridized carbons (Fsp3) is 0.917. The molecular weight excluding hydrogens is 188 g/mol. The lowest BCUT2D eigenvalue weighted by atomic mass is 10.1. The molecule has 0 bridgehead atoms. The molecule has 0 aromatic heterocycles. The van der Waals surface area contributed by atoms with Gasteiger partial charge in [0.05, 0.1) is 0 Å². The van der Waals surface area contributed by atoms with E-state index in [2.05, 4.69) is 12.2 Å². The number of rotatable bonds is 4. The first-order valence-electron chi connectivity index (χ1n) is 6.27. The van der Waals surface area contributed by atoms with Crippen LogP contribution in [0.1, 0.15) is 58.3 Å². The van der Waals surface area contributed by atoms with E-state index < -0.39 is 0 Å². The highest BCUT2D eigenvalue weighted by atomic mass is 16.1. The van der Waals surface area contributed by atoms with Crippen molar-refractivity contribution < 1.29 is 4.79 Å². The fourth-order valence-electron chi connectivity index (χ4n) is 2.11. The second-order valence-corrected chi connectivity index (χ2v) is 4.64. The van der Waals surface area contributed by atoms with Crippen molar-refractivity contribution in [1.29, 1.82) is 0 Å². The van der Waals surface area contributed by atoms with Gasteiger partial charge in [-0.25, -0.2) is 0 Å². The lowest BCUT2D eigenvalue weighted by Gasteiger charge is -2.16. The number of nitrogens with two attached hydrogens (primary N) is 1. The van der Waals surface area contributed by atoms with Crippen LogP contribution in [0.15, 0.2) is 0 Å². The molecular formula is C12H24N2O. The molecule has 1 aliphatic rings. The molecule has 2 unspecified atom stereocenters. The normalized spacial score (nSPS) is 27.1. The van der Waals surface area contributed by atoms with E-state index in [1.54, 1.807) is 0 Å². The van der Waals surface area contributed by atoms with Crippen LogP contribution in [-0.4, -0.2) is 18.0 Å². The smallest absolute Gasteiger partial charge is 0.220 e. The van der Waals surface area contributed by atoms with Gasteiger partial charge in [0.2, 0.25) is 5.91 Å². The number of hydrogen-bond acceptors (Lipinski definition) is 2. The van der Waals surface area contributed by atoms with E-state index in [1.165, 1.54) is 0 Å². The van der Waals surface area contributed by atoms with Gasteiger partial charge < -0.3 is 11.1 Å². The Morgan fingerprint density at radius 3 is 2.87 bits per heavy atom. The molecule has 1 aliphatic carbocycles. The lowest BCUT2D eigenvalue weighted by Crippen LogP contribution is -2.34. The maximum Gasteiger partial charge on any atom is 0.220 e. The summed E-state index contributed by atoms with van der Waals surface area (Å²) in [4.78, 5) is 11.5. The summed E-state index contributed by atoms with van der Waals surface area (Å²) < 4.78 is 0. The van der Waals surface area contributed by atoms with E-state index >= 15 is 0 Å². The standard InChI is InChI=1S/C12H24N2O/c1-2-3-7-12(15)14-11-6-4-5-10(13)8-9-11/h10-11H,2-9,13H2,1H3,(H,14,15). The van der Waals surface area contributed by atoms with Crippen LogP contribution in [0.3, 0.4) is 0 Å². The van der Waals surface area contributed by atoms with Gasteiger partial charge in [-0.15, -0.1) is 0 Å². The van der Waals surface area contributed by atoms with Crippen molar-refractivity contribution in [2.45, 2.75) is 70.4 Å². The molecule has 0 spiro atoms. The van der Waals surface area contributed by atoms with Crippen molar-refractivity contribution in [1.82, 2.24) is 5.32 Å². The number of unbranched alkanes of at least 4 members (excludes halogenated alkanes) is 1. The van der Waals surface area contributed by atoms with E-state index in [4.69, 9.17) is 5.73 Å². The zero-order chi connectivity index (χ0) is 11.1. The Morgan fingerprint density at radius 1 is 1.33 bits per heavy atom. The molecule has 0 heterocycles. The Labute approximate surface area is 92.8 Å². The summed E-state index contributed by atoms with van der Waals surface area (Å²) in [5.74, 6) is 0.220. The third kappa shape index (κ3) is 5.17. The molecule has 0 saturated heterocycles. The van der Waals surface area contributed by atoms with Gasteiger partial charge in [-0.3, -0.25) is 4.79 Å². The molecule has 3 N–H and O–H groups in total. The number of carbonyl (C=O) groups is 1. The van der Waals surface area contributed by atoms with Gasteiger partial charge >= 0.3 is 0 Å². The van der Waals surface area contributed by atoms with Crippen LogP contribution in [-0.2, 0) is 4.79 Å². The van der Waals surface area contributed by atoms with Crippen LogP contribution in [0, 0.1) is 0 Å². The van der Waals surface area contributed by atoms with Gasteiger partial charge in [0.25, 0.3) is 0 Å². The molecule has 0 aromatic rings. The monoisotopic (exact) mass is 212 g/mol. The highest BCUT2D eigenvalue weighted by molar-refractivity contribution is 5.76. The second kappa shape index (κ2) is 6.83. The molecule has 1 amide bonds. The van der Waals surface area contributed by atoms with E-state index in [-0.39, 0.29) is 5.91 Å². The summed E-state index contributed by atoms with van der Waals surface area (Å²) in [5.41, 5.74) is 5.90. The third-order valence-electron chi connectivity index (χ3n) is 3.14. The minimum absolute atomic E-state index is 0.220. The first kappa shape index (κ1) is 12.5. The average Bonchev–Trinajstić information content (AvgIpc) is 2.41. The average molecular weight is 212 g/mol. The summed E-state index contributed by atoms with van der Waals surface area (Å²) in [6.45, 7) is 2.11. The SMILES string of the molecule is CCCCC(=O)NC1CCCC(N)CC1. The molecule has 2 atom stereocenters. The third-order valence-corrected chi connectivity index (χ3v) is 3.14. The molecule has 1 rings (SSSR count). The predicted molar refractivity (Wildman–Crippen MR) is 62.5 cm³/mol. The van der Waals surface area contributed by atoms with Gasteiger partial charge in [0.1, 0.15) is 0 Å². The first-order chi connectivity index (χ1) is 7.22. The molecule has 15 heavy (non-hydrogen) atoms. The molecule has 0 radical (unpaired) electrons. The van der Waals surface area contributed by atoms with Crippen LogP contribution in [0.5, 0.6) is 0 Å². The van der Waals surface area contributed by atoms with Gasteiger partial charge in [-0.05, 0) is 38.5 Å². The molecule has 88 valence electrons. The number of carbonyl (C=O) groups excluding carboxylic acids is 1. The van der Waals surface area contributed by atoms with Crippen molar-refractivity contribution in [2.75, 3.05) is 0 Å². The number of hydrogen-bond donors (Lipinski definition) is 2. The van der Waals surface area contributed by atoms with E-state index in [0.29, 0.717) is 18.5 Å². The Kier molecular flexibility index (Phi) is 5.69. The molecule has 0 aromatic carbocycles. The summed E-state index contributed by atoms with van der Waals surface area (Å²) in [6, 6.07) is 0.727. The summed E-state index contributed by atoms with van der Waals surface area (Å²) in [5, 5.41) is 3.12. The van der Waals surface area contributed by atoms with Crippen molar-refractivity contribution in [3.8, 4) is 0 Å². The zero-order valence-corrected chi connectivity index (χ0v) is 9.80. The molecule has 3 heteroatoms. The van der Waals surface area contributed by atoms with Crippen LogP contribution in [0.25, 0.3) is 0 Å². The van der Waals surface area contributed by atoms with Gasteiger partial charge in [-0.1, -0.05) is 13.3 Å². The number of nitrogens with one attached hydrogen (secondary N) is 1. The van der Waals surface area contributed by atoms with E-state index in [1.807, 2.05) is 0 Å². The maximum atomic E-state index is 11.5. The van der Waals surface area contributed by atoms with E-state index in [9.17, 15) is 4.79 Å². The van der Waals surface area contributed by atoms with Crippen molar-refractivity contribution >= 4 is 5.91 Å². The van der Waals surface area contributed by atoms with Crippen molar-refractivity contribution in [3.63, 3.8) is 0 Å². The summed E-state index contributed by atoms with van der Waals surface area (Å²) in [7, 11) is 0. The highest BCUT2D eigenvalue weighted by Crippen LogP contribution is 2.16. The van der Waals surface area contributed by atoms with Gasteiger partial charge in [-0.2, -0.15) is 0 Å². The minimum Gasteiger partial charge on any atom is -0.353 e. The predicted octanol–water partition coefficient (Wildman–Crippen LogP) is 1.95. The van der Waals surface area contributed by atoms with Crippen LogP contribution in [0.2, 0.25) is 0 Å². The van der Waals surface area contributed by atoms with Crippen LogP contribution >= 0.6 is 0 Å². The first-order valence-corrected chi connectivity index (χ1v) is 6.27. The van der Waals surface area contributed by atoms with Crippen molar-refractivity contribution in [3.05, 3.63) is 0 Å². The molecule has 0 aliphatic heterocycles. The summed E-state index contributed by atoms with van der Waals surface area (Å²) in [6.07, 6.45) is 8.24. The van der Waals surface area contributed by atoms with Gasteiger partial charge in [0.15, 0.2) is 0 Å². The Hall–Kier alpha value is -0.570. The zero-order valence-electron chi connectivity index (χ0n) is 9.80. The second-order valence-electron chi connectivity index (χ2n) is 4.64. The largest absolute Gasteiger partial charge is 0.353 e. The van der Waals surface area contributed by atoms with Crippen LogP contribution in [0.4, 0.5) is 0 Å². The fourth-order valence-corrected chi connectivity index (χ4v) is 2.11. The summed E-state index contributed by atoms with van der Waals surface area (Å²) >= 11 is 0.